The highest BCUT2D eigenvalue weighted by molar-refractivity contribution is 5.99. The van der Waals surface area contributed by atoms with E-state index in [1.807, 2.05) is 19.2 Å². The summed E-state index contributed by atoms with van der Waals surface area (Å²) < 4.78 is 4.30. The maximum Gasteiger partial charge on any atom is 0.354 e. The first-order chi connectivity index (χ1) is 7.15. The molecule has 0 rings (SSSR count). The Morgan fingerprint density at radius 1 is 1.27 bits per heavy atom. The number of nitrogens with one attached hydrogen (secondary N) is 2. The van der Waals surface area contributed by atoms with Crippen LogP contribution in [0, 0.1) is 0 Å². The number of amides is 2. The van der Waals surface area contributed by atoms with Crippen molar-refractivity contribution in [2.45, 2.75) is 13.8 Å². The summed E-state index contributed by atoms with van der Waals surface area (Å²) >= 11 is 0. The van der Waals surface area contributed by atoms with Gasteiger partial charge >= 0.3 is 5.97 Å². The zero-order chi connectivity index (χ0) is 12.3. The van der Waals surface area contributed by atoms with Gasteiger partial charge in [-0.05, 0) is 0 Å². The van der Waals surface area contributed by atoms with E-state index in [1.54, 1.807) is 0 Å². The molecule has 0 aromatic heterocycles. The topological polar surface area (TPSA) is 84.5 Å². The quantitative estimate of drug-likeness (QED) is 0.379. The van der Waals surface area contributed by atoms with Crippen LogP contribution < -0.4 is 10.6 Å². The molecule has 0 atom stereocenters. The highest BCUT2D eigenvalue weighted by Crippen LogP contribution is 1.90. The zero-order valence-corrected chi connectivity index (χ0v) is 9.29. The fourth-order valence-corrected chi connectivity index (χ4v) is 0.536. The van der Waals surface area contributed by atoms with Gasteiger partial charge in [0.05, 0.1) is 7.11 Å². The van der Waals surface area contributed by atoms with Crippen molar-refractivity contribution in [2.24, 2.45) is 0 Å². The third kappa shape index (κ3) is 7.24. The van der Waals surface area contributed by atoms with Crippen molar-refractivity contribution in [3.63, 3.8) is 0 Å². The third-order valence-electron chi connectivity index (χ3n) is 1.14. The van der Waals surface area contributed by atoms with E-state index in [1.165, 1.54) is 7.05 Å². The van der Waals surface area contributed by atoms with Crippen molar-refractivity contribution in [1.29, 1.82) is 0 Å². The molecule has 0 spiro atoms. The van der Waals surface area contributed by atoms with Gasteiger partial charge in [-0.3, -0.25) is 9.59 Å². The molecule has 2 N–H and O–H groups in total. The number of ether oxygens (including phenoxy) is 1. The molecular formula is C9H16N2O4. The normalized spacial score (nSPS) is 9.20. The van der Waals surface area contributed by atoms with Crippen molar-refractivity contribution in [3.8, 4) is 0 Å². The zero-order valence-electron chi connectivity index (χ0n) is 9.29. The SMILES string of the molecule is CC.CNC(=O)/C=C(\NC=O)C(=O)OC. The van der Waals surface area contributed by atoms with E-state index in [4.69, 9.17) is 0 Å². The minimum Gasteiger partial charge on any atom is -0.464 e. The van der Waals surface area contributed by atoms with E-state index in [9.17, 15) is 14.4 Å². The molecular weight excluding hydrogens is 200 g/mol. The predicted octanol–water partition coefficient (Wildman–Crippen LogP) is -0.438. The average molecular weight is 216 g/mol. The van der Waals surface area contributed by atoms with Gasteiger partial charge in [-0.15, -0.1) is 0 Å². The maximum absolute atomic E-state index is 10.9. The average Bonchev–Trinajstić information content (AvgIpc) is 2.29. The Kier molecular flexibility index (Phi) is 10.7. The van der Waals surface area contributed by atoms with E-state index in [0.29, 0.717) is 0 Å². The molecule has 0 heterocycles. The van der Waals surface area contributed by atoms with Gasteiger partial charge in [-0.25, -0.2) is 4.79 Å². The van der Waals surface area contributed by atoms with Crippen molar-refractivity contribution in [1.82, 2.24) is 10.6 Å². The number of likely N-dealkylation sites (N-methyl/N-ethyl adjacent to an activating group) is 1. The molecule has 86 valence electrons. The molecule has 0 aromatic carbocycles. The van der Waals surface area contributed by atoms with Gasteiger partial charge in [0, 0.05) is 13.1 Å². The second-order valence-corrected chi connectivity index (χ2v) is 1.93. The highest BCUT2D eigenvalue weighted by Gasteiger charge is 2.09. The summed E-state index contributed by atoms with van der Waals surface area (Å²) in [5.41, 5.74) is -0.211. The molecule has 0 saturated carbocycles. The second-order valence-electron chi connectivity index (χ2n) is 1.93. The summed E-state index contributed by atoms with van der Waals surface area (Å²) in [4.78, 5) is 31.6. The van der Waals surface area contributed by atoms with Gasteiger partial charge in [0.15, 0.2) is 0 Å². The van der Waals surface area contributed by atoms with Crippen molar-refractivity contribution in [3.05, 3.63) is 11.8 Å². The third-order valence-corrected chi connectivity index (χ3v) is 1.14. The summed E-state index contributed by atoms with van der Waals surface area (Å²) in [6.07, 6.45) is 1.21. The van der Waals surface area contributed by atoms with Crippen LogP contribution >= 0.6 is 0 Å². The number of carbonyl (C=O) groups is 3. The van der Waals surface area contributed by atoms with Gasteiger partial charge in [0.25, 0.3) is 0 Å². The first-order valence-electron chi connectivity index (χ1n) is 4.37. The minimum absolute atomic E-state index is 0.211. The largest absolute Gasteiger partial charge is 0.464 e. The van der Waals surface area contributed by atoms with Crippen LogP contribution in [0.15, 0.2) is 11.8 Å². The van der Waals surface area contributed by atoms with Gasteiger partial charge in [-0.2, -0.15) is 0 Å². The van der Waals surface area contributed by atoms with Crippen molar-refractivity contribution < 1.29 is 19.1 Å². The number of hydrogen-bond donors (Lipinski definition) is 2. The molecule has 0 aliphatic carbocycles. The van der Waals surface area contributed by atoms with E-state index in [-0.39, 0.29) is 12.1 Å². The lowest BCUT2D eigenvalue weighted by molar-refractivity contribution is -0.137. The van der Waals surface area contributed by atoms with Crippen LogP contribution in [-0.2, 0) is 19.1 Å². The molecule has 0 radical (unpaired) electrons. The highest BCUT2D eigenvalue weighted by atomic mass is 16.5. The summed E-state index contributed by atoms with van der Waals surface area (Å²) in [7, 11) is 2.54. The standard InChI is InChI=1S/C7H10N2O4.C2H6/c1-8-6(11)3-5(9-4-10)7(12)13-2;1-2/h3-4H,1-2H3,(H,8,11)(H,9,10);1-2H3/b5-3-;. The summed E-state index contributed by atoms with van der Waals surface area (Å²) in [6.45, 7) is 4.00. The first kappa shape index (κ1) is 15.6. The Hall–Kier alpha value is -1.85. The molecule has 0 aromatic rings. The molecule has 0 aliphatic rings. The monoisotopic (exact) mass is 216 g/mol. The van der Waals surface area contributed by atoms with Crippen LogP contribution in [0.25, 0.3) is 0 Å². The molecule has 6 nitrogen and oxygen atoms in total. The Bertz CT molecular complexity index is 248. The Morgan fingerprint density at radius 2 is 1.80 bits per heavy atom. The summed E-state index contributed by atoms with van der Waals surface area (Å²) in [5, 5.41) is 4.30. The Labute approximate surface area is 88.7 Å². The fraction of sp³-hybridized carbons (Fsp3) is 0.444. The van der Waals surface area contributed by atoms with Gasteiger partial charge in [0.1, 0.15) is 5.70 Å². The van der Waals surface area contributed by atoms with Gasteiger partial charge < -0.3 is 15.4 Å². The van der Waals surface area contributed by atoms with Crippen LogP contribution in [0.4, 0.5) is 0 Å². The molecule has 15 heavy (non-hydrogen) atoms. The molecule has 6 heteroatoms. The maximum atomic E-state index is 10.9. The van der Waals surface area contributed by atoms with Crippen molar-refractivity contribution in [2.75, 3.05) is 14.2 Å². The van der Waals surface area contributed by atoms with Crippen LogP contribution in [0.1, 0.15) is 13.8 Å². The smallest absolute Gasteiger partial charge is 0.354 e. The molecule has 0 unspecified atom stereocenters. The van der Waals surface area contributed by atoms with E-state index < -0.39 is 11.9 Å². The molecule has 0 saturated heterocycles. The molecule has 0 bridgehead atoms. The molecule has 0 fully saturated rings. The lowest BCUT2D eigenvalue weighted by Crippen LogP contribution is -2.24. The first-order valence-corrected chi connectivity index (χ1v) is 4.37. The second kappa shape index (κ2) is 10.2. The lowest BCUT2D eigenvalue weighted by atomic mass is 10.4. The van der Waals surface area contributed by atoms with Crippen LogP contribution in [-0.4, -0.2) is 32.4 Å². The molecule has 0 aliphatic heterocycles. The van der Waals surface area contributed by atoms with E-state index in [0.717, 1.165) is 13.2 Å². The number of methoxy groups -OCH3 is 1. The van der Waals surface area contributed by atoms with E-state index >= 15 is 0 Å². The van der Waals surface area contributed by atoms with Crippen LogP contribution in [0.3, 0.4) is 0 Å². The summed E-state index contributed by atoms with van der Waals surface area (Å²) in [5.74, 6) is -1.29. The Balaban J connectivity index is 0. The minimum atomic E-state index is -0.782. The number of hydrogen-bond acceptors (Lipinski definition) is 4. The number of esters is 1. The van der Waals surface area contributed by atoms with Crippen molar-refractivity contribution >= 4 is 18.3 Å². The fourth-order valence-electron chi connectivity index (χ4n) is 0.536. The van der Waals surface area contributed by atoms with E-state index in [2.05, 4.69) is 10.1 Å². The predicted molar refractivity (Wildman–Crippen MR) is 54.7 cm³/mol. The number of rotatable bonds is 4. The summed E-state index contributed by atoms with van der Waals surface area (Å²) in [6, 6.07) is 0. The Morgan fingerprint density at radius 3 is 2.13 bits per heavy atom. The van der Waals surface area contributed by atoms with Crippen LogP contribution in [0.2, 0.25) is 0 Å². The lowest BCUT2D eigenvalue weighted by Gasteiger charge is -2.01. The van der Waals surface area contributed by atoms with Gasteiger partial charge in [0.2, 0.25) is 12.3 Å². The number of carbonyl (C=O) groups excluding carboxylic acids is 3. The molecule has 2 amide bonds. The van der Waals surface area contributed by atoms with Gasteiger partial charge in [-0.1, -0.05) is 13.8 Å². The van der Waals surface area contributed by atoms with Crippen LogP contribution in [0.5, 0.6) is 0 Å².